The third-order valence-corrected chi connectivity index (χ3v) is 6.76. The summed E-state index contributed by atoms with van der Waals surface area (Å²) in [6.45, 7) is 0.573. The maximum Gasteiger partial charge on any atom is 0.274 e. The molecule has 3 aromatic rings. The Labute approximate surface area is 198 Å². The highest BCUT2D eigenvalue weighted by atomic mass is 16.3. The SMILES string of the molecule is CN(C)C(=O)c1cccc(-c2ccc3c(c2)[C@@H]2[C@@H](CCN2C(=O)c2cnccn2)[C@@H](CO)N3)c1. The van der Waals surface area contributed by atoms with Gasteiger partial charge in [0.25, 0.3) is 11.8 Å². The van der Waals surface area contributed by atoms with Crippen molar-refractivity contribution in [1.29, 1.82) is 0 Å². The molecule has 3 heterocycles. The van der Waals surface area contributed by atoms with Crippen LogP contribution in [0.5, 0.6) is 0 Å². The van der Waals surface area contributed by atoms with Crippen LogP contribution in [0, 0.1) is 5.92 Å². The number of aliphatic hydroxyl groups is 1. The van der Waals surface area contributed by atoms with Gasteiger partial charge in [0.2, 0.25) is 0 Å². The fraction of sp³-hybridized carbons (Fsp3) is 0.308. The predicted octanol–water partition coefficient (Wildman–Crippen LogP) is 2.84. The lowest BCUT2D eigenvalue weighted by molar-refractivity contribution is 0.0694. The van der Waals surface area contributed by atoms with Gasteiger partial charge in [0, 0.05) is 50.2 Å². The largest absolute Gasteiger partial charge is 0.394 e. The Hall–Kier alpha value is -3.78. The van der Waals surface area contributed by atoms with E-state index >= 15 is 0 Å². The highest BCUT2D eigenvalue weighted by Crippen LogP contribution is 2.47. The van der Waals surface area contributed by atoms with Crippen molar-refractivity contribution >= 4 is 17.5 Å². The lowest BCUT2D eigenvalue weighted by Gasteiger charge is -2.39. The molecule has 1 saturated heterocycles. The minimum atomic E-state index is -0.186. The maximum absolute atomic E-state index is 13.3. The van der Waals surface area contributed by atoms with Crippen LogP contribution in [0.4, 0.5) is 5.69 Å². The van der Waals surface area contributed by atoms with Crippen LogP contribution in [0.15, 0.2) is 61.1 Å². The van der Waals surface area contributed by atoms with Crippen LogP contribution in [-0.4, -0.2) is 70.0 Å². The number of hydrogen-bond acceptors (Lipinski definition) is 6. The van der Waals surface area contributed by atoms with E-state index in [1.165, 1.54) is 12.4 Å². The third kappa shape index (κ3) is 3.80. The Morgan fingerprint density at radius 3 is 2.71 bits per heavy atom. The minimum absolute atomic E-state index is 0.00970. The first-order valence-electron chi connectivity index (χ1n) is 11.4. The average Bonchev–Trinajstić information content (AvgIpc) is 3.33. The normalized spacial score (nSPS) is 20.8. The van der Waals surface area contributed by atoms with E-state index < -0.39 is 0 Å². The van der Waals surface area contributed by atoms with Gasteiger partial charge in [-0.2, -0.15) is 0 Å². The summed E-state index contributed by atoms with van der Waals surface area (Å²) in [5.74, 6) is -0.131. The Balaban J connectivity index is 1.55. The van der Waals surface area contributed by atoms with Crippen LogP contribution in [0.3, 0.4) is 0 Å². The smallest absolute Gasteiger partial charge is 0.274 e. The van der Waals surface area contributed by atoms with Gasteiger partial charge in [-0.1, -0.05) is 18.2 Å². The topological polar surface area (TPSA) is 98.7 Å². The molecule has 5 rings (SSSR count). The number of carbonyl (C=O) groups is 2. The minimum Gasteiger partial charge on any atom is -0.394 e. The summed E-state index contributed by atoms with van der Waals surface area (Å²) in [7, 11) is 3.47. The number of benzene rings is 2. The maximum atomic E-state index is 13.3. The molecule has 8 heteroatoms. The molecule has 1 fully saturated rings. The molecule has 0 unspecified atom stereocenters. The first-order chi connectivity index (χ1) is 16.5. The molecule has 2 aromatic carbocycles. The van der Waals surface area contributed by atoms with Crippen LogP contribution < -0.4 is 5.32 Å². The zero-order chi connectivity index (χ0) is 23.8. The average molecular weight is 458 g/mol. The summed E-state index contributed by atoms with van der Waals surface area (Å²) >= 11 is 0. The first-order valence-corrected chi connectivity index (χ1v) is 11.4. The van der Waals surface area contributed by atoms with Crippen LogP contribution in [0.25, 0.3) is 11.1 Å². The fourth-order valence-corrected chi connectivity index (χ4v) is 5.12. The molecule has 0 spiro atoms. The Morgan fingerprint density at radius 2 is 1.97 bits per heavy atom. The Bertz CT molecular complexity index is 1230. The van der Waals surface area contributed by atoms with Gasteiger partial charge in [-0.25, -0.2) is 4.98 Å². The Morgan fingerprint density at radius 1 is 1.15 bits per heavy atom. The highest BCUT2D eigenvalue weighted by Gasteiger charge is 2.46. The van der Waals surface area contributed by atoms with Gasteiger partial charge in [0.15, 0.2) is 0 Å². The van der Waals surface area contributed by atoms with Gasteiger partial charge < -0.3 is 20.2 Å². The quantitative estimate of drug-likeness (QED) is 0.625. The second kappa shape index (κ2) is 8.87. The van der Waals surface area contributed by atoms with Crippen LogP contribution >= 0.6 is 0 Å². The molecular weight excluding hydrogens is 430 g/mol. The summed E-state index contributed by atoms with van der Waals surface area (Å²) in [5, 5.41) is 13.5. The number of amides is 2. The number of likely N-dealkylation sites (tertiary alicyclic amines) is 1. The molecule has 0 bridgehead atoms. The number of hydrogen-bond donors (Lipinski definition) is 2. The van der Waals surface area contributed by atoms with Crippen molar-refractivity contribution in [2.24, 2.45) is 5.92 Å². The summed E-state index contributed by atoms with van der Waals surface area (Å²) in [6, 6.07) is 13.3. The van der Waals surface area contributed by atoms with E-state index in [1.54, 1.807) is 25.2 Å². The third-order valence-electron chi connectivity index (χ3n) is 6.76. The zero-order valence-corrected chi connectivity index (χ0v) is 19.2. The summed E-state index contributed by atoms with van der Waals surface area (Å²) < 4.78 is 0. The monoisotopic (exact) mass is 457 g/mol. The van der Waals surface area contributed by atoms with E-state index in [1.807, 2.05) is 41.3 Å². The van der Waals surface area contributed by atoms with Gasteiger partial charge in [0.05, 0.1) is 24.9 Å². The van der Waals surface area contributed by atoms with Crippen molar-refractivity contribution < 1.29 is 14.7 Å². The van der Waals surface area contributed by atoms with Crippen LogP contribution in [-0.2, 0) is 0 Å². The first kappa shape index (κ1) is 22.0. The van der Waals surface area contributed by atoms with Crippen molar-refractivity contribution in [3.8, 4) is 11.1 Å². The second-order valence-electron chi connectivity index (χ2n) is 9.00. The van der Waals surface area contributed by atoms with E-state index in [4.69, 9.17) is 0 Å². The zero-order valence-electron chi connectivity index (χ0n) is 19.2. The number of rotatable bonds is 4. The number of carbonyl (C=O) groups excluding carboxylic acids is 2. The van der Waals surface area contributed by atoms with Crippen LogP contribution in [0.1, 0.15) is 38.9 Å². The molecule has 8 nitrogen and oxygen atoms in total. The molecule has 3 atom stereocenters. The number of nitrogens with zero attached hydrogens (tertiary/aromatic N) is 4. The summed E-state index contributed by atoms with van der Waals surface area (Å²) in [5.41, 5.74) is 4.75. The number of aliphatic hydroxyl groups excluding tert-OH is 1. The number of fused-ring (bicyclic) bond motifs is 3. The van der Waals surface area contributed by atoms with Crippen molar-refractivity contribution in [2.45, 2.75) is 18.5 Å². The lowest BCUT2D eigenvalue weighted by atomic mass is 9.82. The molecule has 34 heavy (non-hydrogen) atoms. The number of aromatic nitrogens is 2. The molecular formula is C26H27N5O3. The summed E-state index contributed by atoms with van der Waals surface area (Å²) in [6.07, 6.45) is 5.34. The molecule has 1 aromatic heterocycles. The van der Waals surface area contributed by atoms with E-state index in [9.17, 15) is 14.7 Å². The van der Waals surface area contributed by atoms with E-state index in [0.717, 1.165) is 28.8 Å². The molecule has 2 aliphatic heterocycles. The van der Waals surface area contributed by atoms with Gasteiger partial charge in [0.1, 0.15) is 5.69 Å². The summed E-state index contributed by atoms with van der Waals surface area (Å²) in [4.78, 5) is 37.5. The van der Waals surface area contributed by atoms with Gasteiger partial charge >= 0.3 is 0 Å². The highest BCUT2D eigenvalue weighted by molar-refractivity contribution is 5.95. The van der Waals surface area contributed by atoms with Crippen molar-refractivity contribution in [2.75, 3.05) is 32.6 Å². The van der Waals surface area contributed by atoms with Crippen molar-refractivity contribution in [3.63, 3.8) is 0 Å². The van der Waals surface area contributed by atoms with Crippen LogP contribution in [0.2, 0.25) is 0 Å². The lowest BCUT2D eigenvalue weighted by Crippen LogP contribution is -2.43. The van der Waals surface area contributed by atoms with Gasteiger partial charge in [-0.05, 0) is 47.4 Å². The van der Waals surface area contributed by atoms with Gasteiger partial charge in [-0.3, -0.25) is 14.6 Å². The molecule has 0 saturated carbocycles. The molecule has 0 aliphatic carbocycles. The number of anilines is 1. The number of nitrogens with one attached hydrogen (secondary N) is 1. The molecule has 0 radical (unpaired) electrons. The van der Waals surface area contributed by atoms with E-state index in [-0.39, 0.29) is 36.4 Å². The molecule has 2 amide bonds. The van der Waals surface area contributed by atoms with E-state index in [2.05, 4.69) is 21.4 Å². The molecule has 2 N–H and O–H groups in total. The fourth-order valence-electron chi connectivity index (χ4n) is 5.12. The predicted molar refractivity (Wildman–Crippen MR) is 128 cm³/mol. The molecule has 174 valence electrons. The molecule has 2 aliphatic rings. The van der Waals surface area contributed by atoms with Gasteiger partial charge in [-0.15, -0.1) is 0 Å². The Kier molecular flexibility index (Phi) is 5.75. The van der Waals surface area contributed by atoms with Crippen molar-refractivity contribution in [3.05, 3.63) is 77.9 Å². The standard InChI is InChI=1S/C26H27N5O3/c1-30(2)25(33)18-5-3-4-16(12-18)17-6-7-21-20(13-17)24-19(23(15-32)29-21)8-11-31(24)26(34)22-14-27-9-10-28-22/h3-7,9-10,12-14,19,23-24,29,32H,8,11,15H2,1-2H3/t19-,23+,24-/m0/s1. The second-order valence-corrected chi connectivity index (χ2v) is 9.00. The van der Waals surface area contributed by atoms with E-state index in [0.29, 0.717) is 17.8 Å². The van der Waals surface area contributed by atoms with Crippen molar-refractivity contribution in [1.82, 2.24) is 19.8 Å².